The van der Waals surface area contributed by atoms with E-state index in [0.717, 1.165) is 18.5 Å². The van der Waals surface area contributed by atoms with E-state index in [4.69, 9.17) is 4.52 Å². The van der Waals surface area contributed by atoms with E-state index in [9.17, 15) is 9.90 Å². The molecule has 1 saturated heterocycles. The van der Waals surface area contributed by atoms with Crippen LogP contribution in [-0.4, -0.2) is 34.9 Å². The summed E-state index contributed by atoms with van der Waals surface area (Å²) in [4.78, 5) is 11.9. The van der Waals surface area contributed by atoms with Crippen molar-refractivity contribution in [3.8, 4) is 0 Å². The molecule has 1 aliphatic heterocycles. The number of aromatic nitrogens is 1. The maximum Gasteiger partial charge on any atom is 0.237 e. The van der Waals surface area contributed by atoms with Crippen LogP contribution in [0.4, 0.5) is 0 Å². The number of nitrogens with one attached hydrogen (secondary N) is 2. The minimum atomic E-state index is -0.433. The molecule has 0 spiro atoms. The smallest absolute Gasteiger partial charge is 0.237 e. The average molecular weight is 318 g/mol. The second kappa shape index (κ2) is 8.36. The molecule has 1 aromatic heterocycles. The fraction of sp³-hybridized carbons (Fsp3) is 0.714. The zero-order chi connectivity index (χ0) is 14.5. The van der Waals surface area contributed by atoms with Crippen LogP contribution in [0.5, 0.6) is 0 Å². The summed E-state index contributed by atoms with van der Waals surface area (Å²) in [5.41, 5.74) is 0.952. The predicted molar refractivity (Wildman–Crippen MR) is 81.3 cm³/mol. The number of nitrogens with zero attached hydrogens (tertiary/aromatic N) is 1. The summed E-state index contributed by atoms with van der Waals surface area (Å²) < 4.78 is 5.25. The van der Waals surface area contributed by atoms with Gasteiger partial charge in [-0.3, -0.25) is 4.79 Å². The minimum Gasteiger partial charge on any atom is -0.392 e. The molecule has 6 nitrogen and oxygen atoms in total. The van der Waals surface area contributed by atoms with Gasteiger partial charge >= 0.3 is 0 Å². The van der Waals surface area contributed by atoms with Crippen LogP contribution >= 0.6 is 12.4 Å². The lowest BCUT2D eigenvalue weighted by atomic mass is 9.99. The van der Waals surface area contributed by atoms with E-state index in [2.05, 4.69) is 29.6 Å². The Balaban J connectivity index is 0.00000220. The van der Waals surface area contributed by atoms with Crippen molar-refractivity contribution in [1.29, 1.82) is 0 Å². The number of β-amino-alcohol motifs (C(OH)–C–C–N with tert-alkyl or cyclic N) is 1. The topological polar surface area (TPSA) is 87.4 Å². The van der Waals surface area contributed by atoms with Crippen molar-refractivity contribution < 1.29 is 14.4 Å². The Morgan fingerprint density at radius 1 is 1.57 bits per heavy atom. The van der Waals surface area contributed by atoms with Gasteiger partial charge in [-0.2, -0.15) is 0 Å². The predicted octanol–water partition coefficient (Wildman–Crippen LogP) is 1.34. The summed E-state index contributed by atoms with van der Waals surface area (Å²) >= 11 is 0. The number of halogens is 1. The molecule has 2 heterocycles. The number of carbonyl (C=O) groups excluding carboxylic acids is 1. The molecule has 1 amide bonds. The number of amides is 1. The lowest BCUT2D eigenvalue weighted by molar-refractivity contribution is -0.123. The van der Waals surface area contributed by atoms with E-state index in [0.29, 0.717) is 31.2 Å². The third kappa shape index (κ3) is 4.69. The molecule has 0 saturated carbocycles. The Labute approximate surface area is 131 Å². The Morgan fingerprint density at radius 3 is 2.86 bits per heavy atom. The third-order valence-corrected chi connectivity index (χ3v) is 3.84. The van der Waals surface area contributed by atoms with Gasteiger partial charge in [-0.25, -0.2) is 0 Å². The van der Waals surface area contributed by atoms with Crippen molar-refractivity contribution in [2.75, 3.05) is 6.54 Å². The summed E-state index contributed by atoms with van der Waals surface area (Å²) in [6, 6.07) is 1.60. The van der Waals surface area contributed by atoms with Gasteiger partial charge in [0.25, 0.3) is 0 Å². The van der Waals surface area contributed by atoms with Crippen LogP contribution in [0.3, 0.4) is 0 Å². The van der Waals surface area contributed by atoms with Crippen LogP contribution in [0, 0.1) is 0 Å². The first-order valence-corrected chi connectivity index (χ1v) is 7.28. The molecular weight excluding hydrogens is 294 g/mol. The van der Waals surface area contributed by atoms with Gasteiger partial charge in [0.15, 0.2) is 5.76 Å². The number of aliphatic hydroxyl groups excluding tert-OH is 1. The van der Waals surface area contributed by atoms with Gasteiger partial charge in [-0.05, 0) is 19.3 Å². The van der Waals surface area contributed by atoms with Crippen LogP contribution in [-0.2, 0) is 11.3 Å². The lowest BCUT2D eigenvalue weighted by Crippen LogP contribution is -2.39. The van der Waals surface area contributed by atoms with E-state index in [1.165, 1.54) is 0 Å². The lowest BCUT2D eigenvalue weighted by Gasteiger charge is -2.09. The van der Waals surface area contributed by atoms with Gasteiger partial charge < -0.3 is 20.3 Å². The highest BCUT2D eigenvalue weighted by Gasteiger charge is 2.27. The molecule has 2 unspecified atom stereocenters. The first-order valence-electron chi connectivity index (χ1n) is 7.28. The molecule has 2 rings (SSSR count). The van der Waals surface area contributed by atoms with E-state index in [1.807, 2.05) is 6.07 Å². The average Bonchev–Trinajstić information content (AvgIpc) is 3.07. The Bertz CT molecular complexity index is 448. The molecule has 0 bridgehead atoms. The maximum atomic E-state index is 11.9. The second-order valence-corrected chi connectivity index (χ2v) is 5.30. The van der Waals surface area contributed by atoms with Gasteiger partial charge in [-0.1, -0.05) is 19.0 Å². The van der Waals surface area contributed by atoms with Crippen molar-refractivity contribution in [2.45, 2.75) is 57.7 Å². The van der Waals surface area contributed by atoms with Crippen LogP contribution in [0.2, 0.25) is 0 Å². The fourth-order valence-electron chi connectivity index (χ4n) is 2.53. The number of hydrogen-bond acceptors (Lipinski definition) is 5. The molecular formula is C14H24ClN3O3. The largest absolute Gasteiger partial charge is 0.392 e. The molecule has 120 valence electrons. The van der Waals surface area contributed by atoms with Crippen LogP contribution in [0.15, 0.2) is 10.6 Å². The van der Waals surface area contributed by atoms with Crippen molar-refractivity contribution >= 4 is 18.3 Å². The SMILES string of the molecule is CCC(CC)c1cc(CNC(=O)C2CC(O)CN2)on1.Cl. The third-order valence-electron chi connectivity index (χ3n) is 3.84. The number of aliphatic hydroxyl groups is 1. The molecule has 3 N–H and O–H groups in total. The van der Waals surface area contributed by atoms with Crippen molar-refractivity contribution in [1.82, 2.24) is 15.8 Å². The highest BCUT2D eigenvalue weighted by Crippen LogP contribution is 2.22. The highest BCUT2D eigenvalue weighted by molar-refractivity contribution is 5.85. The molecule has 1 aromatic rings. The minimum absolute atomic E-state index is 0. The van der Waals surface area contributed by atoms with Crippen molar-refractivity contribution in [3.05, 3.63) is 17.5 Å². The van der Waals surface area contributed by atoms with Gasteiger partial charge in [0.1, 0.15) is 0 Å². The zero-order valence-corrected chi connectivity index (χ0v) is 13.3. The molecule has 0 aliphatic carbocycles. The maximum absolute atomic E-state index is 11.9. The number of hydrogen-bond donors (Lipinski definition) is 3. The van der Waals surface area contributed by atoms with Gasteiger partial charge in [0.2, 0.25) is 5.91 Å². The molecule has 0 radical (unpaired) electrons. The highest BCUT2D eigenvalue weighted by atomic mass is 35.5. The fourth-order valence-corrected chi connectivity index (χ4v) is 2.53. The summed E-state index contributed by atoms with van der Waals surface area (Å²) in [5.74, 6) is 0.968. The molecule has 1 aliphatic rings. The Hall–Kier alpha value is -1.11. The Morgan fingerprint density at radius 2 is 2.29 bits per heavy atom. The second-order valence-electron chi connectivity index (χ2n) is 5.30. The van der Waals surface area contributed by atoms with E-state index in [1.54, 1.807) is 0 Å². The number of carbonyl (C=O) groups is 1. The van der Waals surface area contributed by atoms with Crippen LogP contribution in [0.25, 0.3) is 0 Å². The first-order chi connectivity index (χ1) is 9.63. The summed E-state index contributed by atoms with van der Waals surface area (Å²) in [7, 11) is 0. The van der Waals surface area contributed by atoms with Gasteiger partial charge in [0.05, 0.1) is 24.4 Å². The first kappa shape index (κ1) is 17.9. The standard InChI is InChI=1S/C14H23N3O3.ClH/c1-3-9(4-2)12-6-11(20-17-12)8-16-14(19)13-5-10(18)7-15-13;/h6,9-10,13,15,18H,3-5,7-8H2,1-2H3,(H,16,19);1H. The molecule has 0 aromatic carbocycles. The van der Waals surface area contributed by atoms with Crippen molar-refractivity contribution in [2.24, 2.45) is 0 Å². The van der Waals surface area contributed by atoms with Crippen LogP contribution < -0.4 is 10.6 Å². The summed E-state index contributed by atoms with van der Waals surface area (Å²) in [6.07, 6.45) is 2.08. The quantitative estimate of drug-likeness (QED) is 0.737. The van der Waals surface area contributed by atoms with E-state index >= 15 is 0 Å². The normalized spacial score (nSPS) is 21.3. The van der Waals surface area contributed by atoms with E-state index in [-0.39, 0.29) is 24.4 Å². The number of rotatable bonds is 6. The Kier molecular flexibility index (Phi) is 7.14. The van der Waals surface area contributed by atoms with E-state index < -0.39 is 6.10 Å². The van der Waals surface area contributed by atoms with Crippen LogP contribution in [0.1, 0.15) is 50.5 Å². The molecule has 2 atom stereocenters. The zero-order valence-electron chi connectivity index (χ0n) is 12.5. The molecule has 7 heteroatoms. The van der Waals surface area contributed by atoms with Crippen molar-refractivity contribution in [3.63, 3.8) is 0 Å². The monoisotopic (exact) mass is 317 g/mol. The summed E-state index contributed by atoms with van der Waals surface area (Å²) in [5, 5.41) is 19.2. The van der Waals surface area contributed by atoms with Gasteiger partial charge in [0, 0.05) is 18.5 Å². The molecule has 1 fully saturated rings. The molecule has 21 heavy (non-hydrogen) atoms. The van der Waals surface area contributed by atoms with Gasteiger partial charge in [-0.15, -0.1) is 12.4 Å². The summed E-state index contributed by atoms with van der Waals surface area (Å²) in [6.45, 7) is 5.06.